The number of hydrogen-bond donors (Lipinski definition) is 0. The van der Waals surface area contributed by atoms with Crippen LogP contribution in [0.2, 0.25) is 5.02 Å². The number of hydrogen-bond acceptors (Lipinski definition) is 4. The van der Waals surface area contributed by atoms with Gasteiger partial charge in [0.05, 0.1) is 24.0 Å². The van der Waals surface area contributed by atoms with Gasteiger partial charge in [0.1, 0.15) is 0 Å². The maximum atomic E-state index is 12.7. The molecule has 2 bridgehead atoms. The summed E-state index contributed by atoms with van der Waals surface area (Å²) in [6, 6.07) is 7.62. The molecule has 1 aromatic rings. The summed E-state index contributed by atoms with van der Waals surface area (Å²) in [6.07, 6.45) is 5.00. The predicted octanol–water partition coefficient (Wildman–Crippen LogP) is 3.17. The van der Waals surface area contributed by atoms with E-state index in [1.54, 1.807) is 6.07 Å². The zero-order valence-electron chi connectivity index (χ0n) is 15.5. The Morgan fingerprint density at radius 2 is 2.00 bits per heavy atom. The third kappa shape index (κ3) is 3.39. The first-order valence-corrected chi connectivity index (χ1v) is 13.0. The van der Waals surface area contributed by atoms with Crippen molar-refractivity contribution in [3.05, 3.63) is 34.9 Å². The summed E-state index contributed by atoms with van der Waals surface area (Å²) < 4.78 is 24.4. The minimum Gasteiger partial charge on any atom is -0.343 e. The van der Waals surface area contributed by atoms with Gasteiger partial charge in [0.15, 0.2) is 15.0 Å². The van der Waals surface area contributed by atoms with Gasteiger partial charge in [-0.25, -0.2) is 8.42 Å². The number of amides is 1. The van der Waals surface area contributed by atoms with E-state index in [9.17, 15) is 13.2 Å². The number of rotatable bonds is 3. The molecule has 1 aromatic carbocycles. The van der Waals surface area contributed by atoms with Gasteiger partial charge < -0.3 is 4.90 Å². The SMILES string of the molecule is O=C(Cc1ccccc1Cl)N=C1S[C@@H]2CS(=O)(=O)C[C@@H]2N1[C@H]1C[C@H]2CC[C@H]1C2. The monoisotopic (exact) mass is 438 g/mol. The first kappa shape index (κ1) is 18.9. The largest absolute Gasteiger partial charge is 0.343 e. The molecule has 28 heavy (non-hydrogen) atoms. The summed E-state index contributed by atoms with van der Waals surface area (Å²) in [5.74, 6) is 1.52. The first-order chi connectivity index (χ1) is 13.4. The molecule has 2 aliphatic carbocycles. The number of benzene rings is 1. The van der Waals surface area contributed by atoms with Crippen LogP contribution >= 0.6 is 23.4 Å². The van der Waals surface area contributed by atoms with Crippen LogP contribution in [-0.4, -0.2) is 53.2 Å². The Morgan fingerprint density at radius 3 is 2.71 bits per heavy atom. The average Bonchev–Trinajstić information content (AvgIpc) is 3.36. The van der Waals surface area contributed by atoms with Crippen LogP contribution in [0.5, 0.6) is 0 Å². The van der Waals surface area contributed by atoms with Gasteiger partial charge in [0, 0.05) is 16.3 Å². The van der Waals surface area contributed by atoms with Gasteiger partial charge in [0.2, 0.25) is 0 Å². The van der Waals surface area contributed by atoms with E-state index in [2.05, 4.69) is 9.89 Å². The Balaban J connectivity index is 1.42. The molecule has 0 spiro atoms. The maximum absolute atomic E-state index is 12.7. The topological polar surface area (TPSA) is 66.8 Å². The molecule has 2 aliphatic heterocycles. The molecule has 2 heterocycles. The molecule has 2 saturated carbocycles. The van der Waals surface area contributed by atoms with Crippen molar-refractivity contribution in [3.63, 3.8) is 0 Å². The maximum Gasteiger partial charge on any atom is 0.252 e. The van der Waals surface area contributed by atoms with Crippen LogP contribution in [-0.2, 0) is 21.1 Å². The van der Waals surface area contributed by atoms with Crippen LogP contribution in [0.1, 0.15) is 31.2 Å². The lowest BCUT2D eigenvalue weighted by Crippen LogP contribution is -2.47. The number of carbonyl (C=O) groups is 1. The lowest BCUT2D eigenvalue weighted by molar-refractivity contribution is -0.117. The van der Waals surface area contributed by atoms with E-state index in [4.69, 9.17) is 11.6 Å². The van der Waals surface area contributed by atoms with Crippen LogP contribution in [0.4, 0.5) is 0 Å². The minimum atomic E-state index is -3.01. The molecular formula is C20H23ClN2O3S2. The van der Waals surface area contributed by atoms with Gasteiger partial charge in [0.25, 0.3) is 5.91 Å². The van der Waals surface area contributed by atoms with Crippen LogP contribution in [0.15, 0.2) is 29.3 Å². The number of fused-ring (bicyclic) bond motifs is 3. The predicted molar refractivity (Wildman–Crippen MR) is 112 cm³/mol. The third-order valence-electron chi connectivity index (χ3n) is 6.68. The molecule has 150 valence electrons. The molecule has 4 aliphatic rings. The van der Waals surface area contributed by atoms with E-state index in [-0.39, 0.29) is 35.1 Å². The molecule has 5 atom stereocenters. The number of nitrogens with zero attached hydrogens (tertiary/aromatic N) is 2. The molecular weight excluding hydrogens is 416 g/mol. The van der Waals surface area contributed by atoms with Crippen molar-refractivity contribution in [3.8, 4) is 0 Å². The summed E-state index contributed by atoms with van der Waals surface area (Å²) in [7, 11) is -3.01. The Kier molecular flexibility index (Phi) is 4.75. The van der Waals surface area contributed by atoms with E-state index >= 15 is 0 Å². The molecule has 1 amide bonds. The lowest BCUT2D eigenvalue weighted by atomic mass is 9.93. The van der Waals surface area contributed by atoms with Gasteiger partial charge in [-0.15, -0.1) is 0 Å². The molecule has 4 fully saturated rings. The van der Waals surface area contributed by atoms with Crippen molar-refractivity contribution in [2.45, 2.75) is 49.4 Å². The van der Waals surface area contributed by atoms with Crippen molar-refractivity contribution >= 4 is 44.3 Å². The highest BCUT2D eigenvalue weighted by Gasteiger charge is 2.54. The normalized spacial score (nSPS) is 37.0. The summed E-state index contributed by atoms with van der Waals surface area (Å²) in [6.45, 7) is 0. The van der Waals surface area contributed by atoms with Crippen molar-refractivity contribution in [2.75, 3.05) is 11.5 Å². The number of amidine groups is 1. The summed E-state index contributed by atoms with van der Waals surface area (Å²) >= 11 is 7.68. The zero-order valence-corrected chi connectivity index (χ0v) is 17.8. The quantitative estimate of drug-likeness (QED) is 0.725. The number of thioether (sulfide) groups is 1. The number of halogens is 1. The van der Waals surface area contributed by atoms with Crippen molar-refractivity contribution in [1.29, 1.82) is 0 Å². The van der Waals surface area contributed by atoms with Crippen LogP contribution in [0.25, 0.3) is 0 Å². The van der Waals surface area contributed by atoms with Crippen molar-refractivity contribution < 1.29 is 13.2 Å². The van der Waals surface area contributed by atoms with Gasteiger partial charge in [-0.05, 0) is 42.7 Å². The number of carbonyl (C=O) groups excluding carboxylic acids is 1. The molecule has 0 radical (unpaired) electrons. The van der Waals surface area contributed by atoms with E-state index in [1.165, 1.54) is 31.0 Å². The summed E-state index contributed by atoms with van der Waals surface area (Å²) in [5.41, 5.74) is 0.774. The Labute approximate surface area is 174 Å². The lowest BCUT2D eigenvalue weighted by Gasteiger charge is -2.36. The second-order valence-electron chi connectivity index (χ2n) is 8.51. The van der Waals surface area contributed by atoms with Crippen LogP contribution < -0.4 is 0 Å². The first-order valence-electron chi connectivity index (χ1n) is 9.90. The van der Waals surface area contributed by atoms with Gasteiger partial charge in [-0.1, -0.05) is 48.0 Å². The molecule has 0 N–H and O–H groups in total. The van der Waals surface area contributed by atoms with E-state index < -0.39 is 9.84 Å². The van der Waals surface area contributed by atoms with Crippen LogP contribution in [0, 0.1) is 11.8 Å². The molecule has 5 rings (SSSR count). The van der Waals surface area contributed by atoms with Crippen molar-refractivity contribution in [1.82, 2.24) is 4.90 Å². The third-order valence-corrected chi connectivity index (χ3v) is 10.3. The summed E-state index contributed by atoms with van der Waals surface area (Å²) in [4.78, 5) is 19.4. The highest BCUT2D eigenvalue weighted by molar-refractivity contribution is 8.15. The van der Waals surface area contributed by atoms with Gasteiger partial charge >= 0.3 is 0 Å². The van der Waals surface area contributed by atoms with Gasteiger partial charge in [-0.3, -0.25) is 4.79 Å². The highest BCUT2D eigenvalue weighted by atomic mass is 35.5. The number of aliphatic imine (C=N–C) groups is 1. The second-order valence-corrected chi connectivity index (χ2v) is 12.3. The second kappa shape index (κ2) is 7.03. The molecule has 5 nitrogen and oxygen atoms in total. The van der Waals surface area contributed by atoms with Crippen LogP contribution in [0.3, 0.4) is 0 Å². The average molecular weight is 439 g/mol. The number of sulfone groups is 1. The highest BCUT2D eigenvalue weighted by Crippen LogP contribution is 2.51. The van der Waals surface area contributed by atoms with E-state index in [0.29, 0.717) is 17.0 Å². The molecule has 2 saturated heterocycles. The smallest absolute Gasteiger partial charge is 0.252 e. The van der Waals surface area contributed by atoms with Gasteiger partial charge in [-0.2, -0.15) is 4.99 Å². The molecule has 0 aromatic heterocycles. The molecule has 8 heteroatoms. The summed E-state index contributed by atoms with van der Waals surface area (Å²) in [5, 5.41) is 1.30. The standard InChI is InChI=1S/C20H23ClN2O3S2/c21-15-4-2-1-3-13(15)9-19(24)22-20-23(16-8-12-5-6-14(16)7-12)17-10-28(25,26)11-18(17)27-20/h1-4,12,14,16-18H,5-11H2/t12-,14-,16-,17-,18+/m0/s1. The Bertz CT molecular complexity index is 949. The fourth-order valence-corrected chi connectivity index (χ4v) is 9.67. The van der Waals surface area contributed by atoms with E-state index in [1.807, 2.05) is 18.2 Å². The Hall–Kier alpha value is -1.05. The van der Waals surface area contributed by atoms with E-state index in [0.717, 1.165) is 23.1 Å². The fraction of sp³-hybridized carbons (Fsp3) is 0.600. The zero-order chi connectivity index (χ0) is 19.5. The van der Waals surface area contributed by atoms with Crippen molar-refractivity contribution in [2.24, 2.45) is 16.8 Å². The minimum absolute atomic E-state index is 0.00371. The Morgan fingerprint density at radius 1 is 1.18 bits per heavy atom. The molecule has 0 unspecified atom stereocenters. The fourth-order valence-electron chi connectivity index (χ4n) is 5.48.